The number of hydrogen-bond acceptors (Lipinski definition) is 4. The van der Waals surface area contributed by atoms with E-state index in [1.807, 2.05) is 26.0 Å². The molecule has 3 aromatic rings. The van der Waals surface area contributed by atoms with Crippen molar-refractivity contribution in [3.05, 3.63) is 64.2 Å². The summed E-state index contributed by atoms with van der Waals surface area (Å²) in [6, 6.07) is 10.8. The predicted molar refractivity (Wildman–Crippen MR) is 115 cm³/mol. The van der Waals surface area contributed by atoms with E-state index in [0.29, 0.717) is 16.3 Å². The quantitative estimate of drug-likeness (QED) is 0.459. The van der Waals surface area contributed by atoms with Crippen LogP contribution in [0.25, 0.3) is 10.6 Å². The number of alkyl halides is 3. The van der Waals surface area contributed by atoms with Crippen LogP contribution in [0.2, 0.25) is 0 Å². The van der Waals surface area contributed by atoms with Gasteiger partial charge in [0.25, 0.3) is 0 Å². The third-order valence-electron chi connectivity index (χ3n) is 4.52. The predicted octanol–water partition coefficient (Wildman–Crippen LogP) is 4.83. The van der Waals surface area contributed by atoms with Crippen LogP contribution in [0.1, 0.15) is 28.6 Å². The van der Waals surface area contributed by atoms with E-state index in [0.717, 1.165) is 38.0 Å². The molecule has 4 nitrogen and oxygen atoms in total. The van der Waals surface area contributed by atoms with Gasteiger partial charge in [-0.25, -0.2) is 0 Å². The second-order valence-electron chi connectivity index (χ2n) is 6.92. The Morgan fingerprint density at radius 1 is 1.19 bits per heavy atom. The first-order valence-corrected chi connectivity index (χ1v) is 12.2. The maximum atomic E-state index is 12.8. The van der Waals surface area contributed by atoms with Crippen molar-refractivity contribution in [1.29, 1.82) is 0 Å². The van der Waals surface area contributed by atoms with Crippen LogP contribution in [-0.2, 0) is 16.3 Å². The van der Waals surface area contributed by atoms with Crippen molar-refractivity contribution in [3.63, 3.8) is 0 Å². The van der Waals surface area contributed by atoms with Crippen LogP contribution in [0, 0.1) is 13.8 Å². The molecule has 0 saturated carbocycles. The van der Waals surface area contributed by atoms with E-state index in [4.69, 9.17) is 9.84 Å². The molecule has 9 heteroatoms. The van der Waals surface area contributed by atoms with Gasteiger partial charge in [0.05, 0.1) is 0 Å². The van der Waals surface area contributed by atoms with Crippen LogP contribution in [0.15, 0.2) is 42.5 Å². The topological polar surface area (TPSA) is 59.4 Å². The van der Waals surface area contributed by atoms with Crippen molar-refractivity contribution in [2.24, 2.45) is 0 Å². The van der Waals surface area contributed by atoms with Crippen molar-refractivity contribution in [2.45, 2.75) is 38.4 Å². The molecule has 0 aliphatic carbocycles. The average Bonchev–Trinajstić information content (AvgIpc) is 3.08. The van der Waals surface area contributed by atoms with E-state index >= 15 is 0 Å². The third-order valence-corrected chi connectivity index (χ3v) is 8.28. The summed E-state index contributed by atoms with van der Waals surface area (Å²) in [5, 5.41) is 10.5. The number of halogens is 3. The van der Waals surface area contributed by atoms with E-state index in [1.165, 1.54) is 30.4 Å². The zero-order valence-corrected chi connectivity index (χ0v) is 19.5. The number of aryl methyl sites for hydroxylation is 2. The van der Waals surface area contributed by atoms with E-state index < -0.39 is 23.8 Å². The van der Waals surface area contributed by atoms with Gasteiger partial charge in [0.2, 0.25) is 0 Å². The molecular weight excluding hydrogens is 494 g/mol. The Morgan fingerprint density at radius 2 is 1.87 bits per heavy atom. The normalized spacial score (nSPS) is 12.6. The molecule has 1 heterocycles. The van der Waals surface area contributed by atoms with Crippen LogP contribution in [0.4, 0.5) is 13.2 Å². The fraction of sp³-hybridized carbons (Fsp3) is 0.273. The molecule has 0 amide bonds. The van der Waals surface area contributed by atoms with E-state index in [9.17, 15) is 18.0 Å². The van der Waals surface area contributed by atoms with Crippen molar-refractivity contribution in [3.8, 4) is 16.3 Å². The van der Waals surface area contributed by atoms with Crippen LogP contribution in [0.5, 0.6) is 5.75 Å². The Morgan fingerprint density at radius 3 is 2.45 bits per heavy atom. The van der Waals surface area contributed by atoms with Gasteiger partial charge in [-0.05, 0) is 0 Å². The first-order valence-electron chi connectivity index (χ1n) is 9.31. The second kappa shape index (κ2) is 9.42. The van der Waals surface area contributed by atoms with Gasteiger partial charge in [-0.3, -0.25) is 0 Å². The van der Waals surface area contributed by atoms with Gasteiger partial charge in [0, 0.05) is 0 Å². The number of benzene rings is 2. The van der Waals surface area contributed by atoms with Gasteiger partial charge in [0.1, 0.15) is 0 Å². The number of aliphatic carboxylic acids is 1. The van der Waals surface area contributed by atoms with Crippen LogP contribution in [0.3, 0.4) is 0 Å². The van der Waals surface area contributed by atoms with Crippen LogP contribution in [-0.4, -0.2) is 37.1 Å². The SMILES string of the molecule is Cc1cc([Se]Cc2sc(-c3ccc(C(F)(F)F)cc3)nc2C)ccc1OC(C)C(=O)O. The number of hydrogen-bond donors (Lipinski definition) is 1. The summed E-state index contributed by atoms with van der Waals surface area (Å²) in [6.07, 6.45) is -5.27. The Kier molecular flexibility index (Phi) is 7.09. The van der Waals surface area contributed by atoms with Crippen LogP contribution >= 0.6 is 11.3 Å². The summed E-state index contributed by atoms with van der Waals surface area (Å²) in [5.74, 6) is -0.467. The molecule has 0 radical (unpaired) electrons. The summed E-state index contributed by atoms with van der Waals surface area (Å²) in [7, 11) is 0. The van der Waals surface area contributed by atoms with Crippen LogP contribution < -0.4 is 9.20 Å². The van der Waals surface area contributed by atoms with Crippen molar-refractivity contribution in [1.82, 2.24) is 4.98 Å². The average molecular weight is 514 g/mol. The number of ether oxygens (including phenoxy) is 1. The molecule has 1 aromatic heterocycles. The van der Waals surface area contributed by atoms with Gasteiger partial charge in [-0.15, -0.1) is 0 Å². The van der Waals surface area contributed by atoms with Gasteiger partial charge >= 0.3 is 188 Å². The van der Waals surface area contributed by atoms with Gasteiger partial charge in [-0.1, -0.05) is 0 Å². The molecule has 164 valence electrons. The third kappa shape index (κ3) is 5.87. The fourth-order valence-electron chi connectivity index (χ4n) is 2.72. The molecule has 0 aliphatic heterocycles. The van der Waals surface area contributed by atoms with Crippen molar-refractivity contribution >= 4 is 36.7 Å². The van der Waals surface area contributed by atoms with E-state index in [2.05, 4.69) is 4.98 Å². The first-order chi connectivity index (χ1) is 14.5. The van der Waals surface area contributed by atoms with E-state index in [-0.39, 0.29) is 15.0 Å². The standard InChI is InChI=1S/C22H20F3NO3SSe/c1-12-10-17(8-9-18(12)29-14(3)21(27)28)31-11-19-13(2)26-20(30-19)15-4-6-16(7-5-15)22(23,24)25/h4-10,14H,11H2,1-3H3,(H,27,28). The molecule has 2 aromatic carbocycles. The molecule has 1 N–H and O–H groups in total. The molecule has 0 saturated heterocycles. The van der Waals surface area contributed by atoms with Crippen molar-refractivity contribution in [2.75, 3.05) is 0 Å². The van der Waals surface area contributed by atoms with Gasteiger partial charge in [-0.2, -0.15) is 0 Å². The molecule has 0 aliphatic rings. The zero-order chi connectivity index (χ0) is 22.8. The molecule has 0 fully saturated rings. The fourth-order valence-corrected chi connectivity index (χ4v) is 6.27. The number of carbonyl (C=O) groups is 1. The summed E-state index contributed by atoms with van der Waals surface area (Å²) in [5.41, 5.74) is 1.76. The summed E-state index contributed by atoms with van der Waals surface area (Å²) in [4.78, 5) is 16.6. The number of carboxylic acid groups (broad SMARTS) is 1. The Hall–Kier alpha value is -2.35. The molecule has 0 spiro atoms. The molecule has 0 bridgehead atoms. The number of nitrogens with zero attached hydrogens (tertiary/aromatic N) is 1. The Labute approximate surface area is 188 Å². The second-order valence-corrected chi connectivity index (χ2v) is 10.2. The summed E-state index contributed by atoms with van der Waals surface area (Å²) >= 11 is 1.62. The molecular formula is C22H20F3NO3SSe. The molecule has 31 heavy (non-hydrogen) atoms. The Balaban J connectivity index is 1.68. The van der Waals surface area contributed by atoms with Crippen molar-refractivity contribution < 1.29 is 27.8 Å². The monoisotopic (exact) mass is 515 g/mol. The number of rotatable bonds is 7. The summed E-state index contributed by atoms with van der Waals surface area (Å²) < 4.78 is 44.9. The number of carboxylic acids is 1. The van der Waals surface area contributed by atoms with Gasteiger partial charge in [0.15, 0.2) is 0 Å². The van der Waals surface area contributed by atoms with E-state index in [1.54, 1.807) is 6.07 Å². The number of thiazole rings is 1. The first kappa shape index (κ1) is 23.3. The minimum atomic E-state index is -4.35. The molecule has 1 unspecified atom stereocenters. The Bertz CT molecular complexity index is 1080. The summed E-state index contributed by atoms with van der Waals surface area (Å²) in [6.45, 7) is 5.27. The molecule has 3 rings (SSSR count). The number of aromatic nitrogens is 1. The molecule has 1 atom stereocenters. The minimum absolute atomic E-state index is 0.121. The maximum absolute atomic E-state index is 12.8. The zero-order valence-electron chi connectivity index (χ0n) is 17.0. The van der Waals surface area contributed by atoms with Gasteiger partial charge < -0.3 is 0 Å².